The Morgan fingerprint density at radius 3 is 1.88 bits per heavy atom. The molecule has 6 nitrogen and oxygen atoms in total. The number of methoxy groups -OCH3 is 1. The van der Waals surface area contributed by atoms with Crippen molar-refractivity contribution in [3.8, 4) is 0 Å². The molecular weight excluding hydrogens is 475 g/mol. The molecule has 2 aliphatic rings. The Bertz CT molecular complexity index is 1220. The van der Waals surface area contributed by atoms with Gasteiger partial charge in [0, 0.05) is 10.0 Å². The molecule has 34 heavy (non-hydrogen) atoms. The number of amides is 2. The number of hydrogen-bond acceptors (Lipinski definition) is 5. The molecule has 172 valence electrons. The van der Waals surface area contributed by atoms with Crippen molar-refractivity contribution in [1.29, 1.82) is 0 Å². The van der Waals surface area contributed by atoms with E-state index in [9.17, 15) is 14.4 Å². The fourth-order valence-corrected chi connectivity index (χ4v) is 5.44. The van der Waals surface area contributed by atoms with Crippen LogP contribution in [0.25, 0.3) is 0 Å². The quantitative estimate of drug-likeness (QED) is 0.434. The highest BCUT2D eigenvalue weighted by atomic mass is 35.5. The first-order valence-corrected chi connectivity index (χ1v) is 11.4. The van der Waals surface area contributed by atoms with Gasteiger partial charge in [-0.2, -0.15) is 0 Å². The molecule has 0 aliphatic carbocycles. The van der Waals surface area contributed by atoms with Crippen LogP contribution in [0.4, 0.5) is 5.69 Å². The van der Waals surface area contributed by atoms with Gasteiger partial charge < -0.3 is 4.74 Å². The summed E-state index contributed by atoms with van der Waals surface area (Å²) < 4.78 is 5.04. The number of fused-ring (bicyclic) bond motifs is 1. The smallest absolute Gasteiger partial charge is 0.323 e. The molecular formula is C26H20Cl2N2O4. The summed E-state index contributed by atoms with van der Waals surface area (Å²) in [4.78, 5) is 41.8. The van der Waals surface area contributed by atoms with Crippen molar-refractivity contribution >= 4 is 46.7 Å². The Morgan fingerprint density at radius 1 is 0.853 bits per heavy atom. The van der Waals surface area contributed by atoms with Crippen molar-refractivity contribution in [3.05, 3.63) is 100 Å². The molecule has 0 radical (unpaired) electrons. The average Bonchev–Trinajstić information content (AvgIpc) is 3.34. The highest BCUT2D eigenvalue weighted by Gasteiger charge is 2.68. The number of nitrogens with zero attached hydrogens (tertiary/aromatic N) is 1. The number of para-hydroxylation sites is 1. The topological polar surface area (TPSA) is 75.7 Å². The summed E-state index contributed by atoms with van der Waals surface area (Å²) in [7, 11) is 1.26. The third-order valence-electron chi connectivity index (χ3n) is 6.63. The summed E-state index contributed by atoms with van der Waals surface area (Å²) in [5, 5.41) is 4.38. The summed E-state index contributed by atoms with van der Waals surface area (Å²) in [6.07, 6.45) is 0. The second-order valence-electron chi connectivity index (χ2n) is 8.32. The minimum Gasteiger partial charge on any atom is -0.468 e. The van der Waals surface area contributed by atoms with Crippen molar-refractivity contribution in [1.82, 2.24) is 5.32 Å². The van der Waals surface area contributed by atoms with E-state index in [0.717, 1.165) is 0 Å². The number of hydrogen-bond donors (Lipinski definition) is 1. The van der Waals surface area contributed by atoms with Gasteiger partial charge in [0.05, 0.1) is 30.2 Å². The predicted molar refractivity (Wildman–Crippen MR) is 129 cm³/mol. The zero-order valence-electron chi connectivity index (χ0n) is 18.1. The molecule has 2 amide bonds. The molecule has 0 aromatic heterocycles. The van der Waals surface area contributed by atoms with Crippen LogP contribution in [0.15, 0.2) is 78.9 Å². The molecule has 2 aliphatic heterocycles. The monoisotopic (exact) mass is 494 g/mol. The van der Waals surface area contributed by atoms with Gasteiger partial charge in [0.1, 0.15) is 6.04 Å². The molecule has 3 aromatic carbocycles. The molecule has 0 bridgehead atoms. The Morgan fingerprint density at radius 2 is 1.38 bits per heavy atom. The number of anilines is 1. The largest absolute Gasteiger partial charge is 0.468 e. The van der Waals surface area contributed by atoms with E-state index < -0.39 is 41.2 Å². The summed E-state index contributed by atoms with van der Waals surface area (Å²) in [6, 6.07) is 21.7. The summed E-state index contributed by atoms with van der Waals surface area (Å²) in [6.45, 7) is 0. The first kappa shape index (κ1) is 22.6. The number of esters is 1. The number of halogens is 2. The molecule has 2 saturated heterocycles. The van der Waals surface area contributed by atoms with Crippen LogP contribution in [0.5, 0.6) is 0 Å². The van der Waals surface area contributed by atoms with E-state index in [2.05, 4.69) is 5.32 Å². The van der Waals surface area contributed by atoms with E-state index >= 15 is 0 Å². The van der Waals surface area contributed by atoms with Gasteiger partial charge in [0.15, 0.2) is 0 Å². The lowest BCUT2D eigenvalue weighted by molar-refractivity contribution is -0.145. The maximum Gasteiger partial charge on any atom is 0.323 e. The van der Waals surface area contributed by atoms with E-state index in [0.29, 0.717) is 26.9 Å². The Labute approximate surface area is 206 Å². The molecule has 3 atom stereocenters. The highest BCUT2D eigenvalue weighted by molar-refractivity contribution is 6.31. The zero-order valence-corrected chi connectivity index (χ0v) is 19.6. The van der Waals surface area contributed by atoms with E-state index in [1.165, 1.54) is 12.0 Å². The minimum atomic E-state index is -1.20. The van der Waals surface area contributed by atoms with Crippen molar-refractivity contribution < 1.29 is 19.1 Å². The van der Waals surface area contributed by atoms with Gasteiger partial charge in [-0.1, -0.05) is 65.7 Å². The molecule has 5 rings (SSSR count). The third kappa shape index (κ3) is 3.33. The van der Waals surface area contributed by atoms with Gasteiger partial charge >= 0.3 is 5.97 Å². The van der Waals surface area contributed by atoms with E-state index in [-0.39, 0.29) is 0 Å². The molecule has 3 aromatic rings. The number of nitrogens with one attached hydrogen (secondary N) is 1. The lowest BCUT2D eigenvalue weighted by Crippen LogP contribution is -2.51. The van der Waals surface area contributed by atoms with Gasteiger partial charge in [0.2, 0.25) is 11.8 Å². The summed E-state index contributed by atoms with van der Waals surface area (Å²) in [5.41, 5.74) is 0.639. The van der Waals surface area contributed by atoms with Crippen LogP contribution in [0, 0.1) is 11.8 Å². The van der Waals surface area contributed by atoms with Crippen LogP contribution in [0.3, 0.4) is 0 Å². The van der Waals surface area contributed by atoms with Crippen molar-refractivity contribution in [2.24, 2.45) is 11.8 Å². The molecule has 0 saturated carbocycles. The maximum atomic E-state index is 14.0. The average molecular weight is 495 g/mol. The number of rotatable bonds is 4. The van der Waals surface area contributed by atoms with Crippen LogP contribution < -0.4 is 10.2 Å². The minimum absolute atomic E-state index is 0.398. The number of carbonyl (C=O) groups is 3. The van der Waals surface area contributed by atoms with E-state index in [4.69, 9.17) is 27.9 Å². The van der Waals surface area contributed by atoms with Crippen molar-refractivity contribution in [2.75, 3.05) is 12.0 Å². The molecule has 2 heterocycles. The predicted octanol–water partition coefficient (Wildman–Crippen LogP) is 4.19. The van der Waals surface area contributed by atoms with Crippen LogP contribution in [-0.2, 0) is 24.7 Å². The van der Waals surface area contributed by atoms with Crippen LogP contribution in [0.2, 0.25) is 10.0 Å². The van der Waals surface area contributed by atoms with Crippen LogP contribution in [-0.4, -0.2) is 30.9 Å². The van der Waals surface area contributed by atoms with Crippen LogP contribution in [0.1, 0.15) is 11.1 Å². The number of imide groups is 1. The van der Waals surface area contributed by atoms with Gasteiger partial charge in [-0.3, -0.25) is 19.7 Å². The lowest BCUT2D eigenvalue weighted by atomic mass is 9.72. The van der Waals surface area contributed by atoms with Gasteiger partial charge in [0.25, 0.3) is 0 Å². The maximum absolute atomic E-state index is 14.0. The Hall–Kier alpha value is -3.19. The van der Waals surface area contributed by atoms with Gasteiger partial charge in [-0.05, 0) is 47.5 Å². The second kappa shape index (κ2) is 8.55. The summed E-state index contributed by atoms with van der Waals surface area (Å²) >= 11 is 12.3. The van der Waals surface area contributed by atoms with Gasteiger partial charge in [-0.25, -0.2) is 4.90 Å². The SMILES string of the molecule is COC(=O)[C@@H]1NC(c2ccc(Cl)cc2)(c2ccc(Cl)cc2)[C@H]2C(=O)N(c3ccccc3)C(=O)[C@H]12. The normalized spacial score (nSPS) is 23.1. The third-order valence-corrected chi connectivity index (χ3v) is 7.13. The molecule has 0 unspecified atom stereocenters. The number of benzene rings is 3. The molecule has 2 fully saturated rings. The van der Waals surface area contributed by atoms with Crippen LogP contribution >= 0.6 is 23.2 Å². The molecule has 0 spiro atoms. The van der Waals surface area contributed by atoms with Crippen molar-refractivity contribution in [2.45, 2.75) is 11.6 Å². The second-order valence-corrected chi connectivity index (χ2v) is 9.19. The van der Waals surface area contributed by atoms with Gasteiger partial charge in [-0.15, -0.1) is 0 Å². The number of carbonyl (C=O) groups excluding carboxylic acids is 3. The molecule has 8 heteroatoms. The first-order valence-electron chi connectivity index (χ1n) is 10.7. The zero-order chi connectivity index (χ0) is 24.0. The fourth-order valence-electron chi connectivity index (χ4n) is 5.19. The van der Waals surface area contributed by atoms with E-state index in [1.54, 1.807) is 78.9 Å². The van der Waals surface area contributed by atoms with E-state index in [1.807, 2.05) is 0 Å². The first-order chi connectivity index (χ1) is 16.4. The summed E-state index contributed by atoms with van der Waals surface area (Å²) in [5.74, 6) is -3.34. The fraction of sp³-hybridized carbons (Fsp3) is 0.192. The van der Waals surface area contributed by atoms with Crippen molar-refractivity contribution in [3.63, 3.8) is 0 Å². The standard InChI is InChI=1S/C26H20Cl2N2O4/c1-34-25(33)22-20-21(24(32)30(23(20)31)19-5-3-2-4-6-19)26(29-22,15-7-11-17(27)12-8-15)16-9-13-18(28)14-10-16/h2-14,20-22,29H,1H3/t20-,21+,22+/m0/s1. The highest BCUT2D eigenvalue weighted by Crippen LogP contribution is 2.52. The Kier molecular flexibility index (Phi) is 5.68. The molecule has 1 N–H and O–H groups in total. The Balaban J connectivity index is 1.76. The number of ether oxygens (including phenoxy) is 1. The lowest BCUT2D eigenvalue weighted by Gasteiger charge is -2.36.